The van der Waals surface area contributed by atoms with Gasteiger partial charge in [-0.05, 0) is 37.1 Å². The first-order chi connectivity index (χ1) is 10.7. The molecule has 1 aromatic rings. The molecule has 9 heteroatoms. The SMILES string of the molecule is COc1ccc(S(=O)(=O)N2CCCN(S(C)(=O)=O)CC2)cc1C. The Morgan fingerprint density at radius 2 is 1.61 bits per heavy atom. The minimum absolute atomic E-state index is 0.153. The highest BCUT2D eigenvalue weighted by Gasteiger charge is 2.29. The monoisotopic (exact) mass is 362 g/mol. The standard InChI is InChI=1S/C14H22N2O5S2/c1-12-11-13(5-6-14(12)21-2)23(19,20)16-8-4-7-15(9-10-16)22(3,17)18/h5-6,11H,4,7-10H2,1-3H3. The van der Waals surface area contributed by atoms with E-state index >= 15 is 0 Å². The molecule has 0 bridgehead atoms. The zero-order valence-electron chi connectivity index (χ0n) is 13.5. The van der Waals surface area contributed by atoms with Crippen molar-refractivity contribution in [1.82, 2.24) is 8.61 Å². The van der Waals surface area contributed by atoms with Gasteiger partial charge < -0.3 is 4.74 Å². The second kappa shape index (κ2) is 6.76. The van der Waals surface area contributed by atoms with Gasteiger partial charge in [0.05, 0.1) is 18.3 Å². The maximum Gasteiger partial charge on any atom is 0.243 e. The molecule has 0 spiro atoms. The number of hydrogen-bond donors (Lipinski definition) is 0. The van der Waals surface area contributed by atoms with E-state index in [9.17, 15) is 16.8 Å². The molecule has 0 N–H and O–H groups in total. The Hall–Kier alpha value is -1.16. The second-order valence-electron chi connectivity index (χ2n) is 5.55. The molecule has 0 aliphatic carbocycles. The van der Waals surface area contributed by atoms with Gasteiger partial charge in [-0.3, -0.25) is 0 Å². The smallest absolute Gasteiger partial charge is 0.243 e. The van der Waals surface area contributed by atoms with Crippen LogP contribution in [-0.4, -0.2) is 65.0 Å². The third kappa shape index (κ3) is 4.03. The van der Waals surface area contributed by atoms with Crippen LogP contribution in [0.5, 0.6) is 5.75 Å². The number of nitrogens with zero attached hydrogens (tertiary/aromatic N) is 2. The van der Waals surface area contributed by atoms with Crippen molar-refractivity contribution in [3.8, 4) is 5.75 Å². The van der Waals surface area contributed by atoms with E-state index in [-0.39, 0.29) is 18.0 Å². The first-order valence-electron chi connectivity index (χ1n) is 7.26. The van der Waals surface area contributed by atoms with Gasteiger partial charge in [-0.25, -0.2) is 21.1 Å². The summed E-state index contributed by atoms with van der Waals surface area (Å²) >= 11 is 0. The van der Waals surface area contributed by atoms with E-state index in [4.69, 9.17) is 4.74 Å². The van der Waals surface area contributed by atoms with Gasteiger partial charge in [0, 0.05) is 26.2 Å². The van der Waals surface area contributed by atoms with E-state index < -0.39 is 20.0 Å². The highest BCUT2D eigenvalue weighted by Crippen LogP contribution is 2.24. The lowest BCUT2D eigenvalue weighted by Crippen LogP contribution is -2.36. The lowest BCUT2D eigenvalue weighted by molar-refractivity contribution is 0.405. The summed E-state index contributed by atoms with van der Waals surface area (Å²) < 4.78 is 56.6. The van der Waals surface area contributed by atoms with E-state index in [1.807, 2.05) is 0 Å². The van der Waals surface area contributed by atoms with Gasteiger partial charge in [0.15, 0.2) is 0 Å². The topological polar surface area (TPSA) is 84.0 Å². The molecule has 0 aromatic heterocycles. The number of ether oxygens (including phenoxy) is 1. The average Bonchev–Trinajstić information content (AvgIpc) is 2.73. The summed E-state index contributed by atoms with van der Waals surface area (Å²) in [4.78, 5) is 0.198. The van der Waals surface area contributed by atoms with Crippen LogP contribution in [0, 0.1) is 6.92 Å². The number of rotatable bonds is 4. The lowest BCUT2D eigenvalue weighted by Gasteiger charge is -2.21. The van der Waals surface area contributed by atoms with Crippen LogP contribution in [-0.2, 0) is 20.0 Å². The van der Waals surface area contributed by atoms with Crippen LogP contribution in [0.15, 0.2) is 23.1 Å². The minimum atomic E-state index is -3.65. The zero-order chi connectivity index (χ0) is 17.3. The van der Waals surface area contributed by atoms with E-state index in [0.717, 1.165) is 11.8 Å². The van der Waals surface area contributed by atoms with E-state index in [0.29, 0.717) is 25.3 Å². The van der Waals surface area contributed by atoms with Crippen LogP contribution in [0.3, 0.4) is 0 Å². The number of sulfonamides is 2. The van der Waals surface area contributed by atoms with Crippen LogP contribution < -0.4 is 4.74 Å². The van der Waals surface area contributed by atoms with Crippen molar-refractivity contribution in [2.75, 3.05) is 39.5 Å². The molecule has 1 saturated heterocycles. The molecule has 0 saturated carbocycles. The summed E-state index contributed by atoms with van der Waals surface area (Å²) in [5.41, 5.74) is 0.737. The van der Waals surface area contributed by atoms with Crippen molar-refractivity contribution < 1.29 is 21.6 Å². The van der Waals surface area contributed by atoms with Crippen LogP contribution in [0.4, 0.5) is 0 Å². The fraction of sp³-hybridized carbons (Fsp3) is 0.571. The van der Waals surface area contributed by atoms with Gasteiger partial charge in [-0.15, -0.1) is 0 Å². The third-order valence-electron chi connectivity index (χ3n) is 3.89. The van der Waals surface area contributed by atoms with Gasteiger partial charge in [0.2, 0.25) is 20.0 Å². The molecule has 0 radical (unpaired) electrons. The highest BCUT2D eigenvalue weighted by molar-refractivity contribution is 7.89. The maximum absolute atomic E-state index is 12.8. The Labute approximate surface area is 137 Å². The molecule has 2 rings (SSSR count). The Kier molecular flexibility index (Phi) is 5.34. The first-order valence-corrected chi connectivity index (χ1v) is 10.5. The molecule has 1 fully saturated rings. The molecular weight excluding hydrogens is 340 g/mol. The molecule has 0 unspecified atom stereocenters. The van der Waals surface area contributed by atoms with Gasteiger partial charge >= 0.3 is 0 Å². The quantitative estimate of drug-likeness (QED) is 0.786. The Balaban J connectivity index is 2.25. The van der Waals surface area contributed by atoms with Crippen molar-refractivity contribution in [2.24, 2.45) is 0 Å². The molecule has 1 aromatic carbocycles. The van der Waals surface area contributed by atoms with Gasteiger partial charge in [0.25, 0.3) is 0 Å². The third-order valence-corrected chi connectivity index (χ3v) is 7.08. The maximum atomic E-state index is 12.8. The molecule has 1 aliphatic rings. The van der Waals surface area contributed by atoms with E-state index in [1.165, 1.54) is 21.8 Å². The predicted molar refractivity (Wildman–Crippen MR) is 87.5 cm³/mol. The molecule has 130 valence electrons. The van der Waals surface area contributed by atoms with Gasteiger partial charge in [0.1, 0.15) is 5.75 Å². The lowest BCUT2D eigenvalue weighted by atomic mass is 10.2. The van der Waals surface area contributed by atoms with Crippen molar-refractivity contribution in [2.45, 2.75) is 18.2 Å². The molecule has 1 heterocycles. The van der Waals surface area contributed by atoms with E-state index in [1.54, 1.807) is 19.1 Å². The zero-order valence-corrected chi connectivity index (χ0v) is 15.2. The summed E-state index contributed by atoms with van der Waals surface area (Å²) in [6.45, 7) is 2.76. The number of aryl methyl sites for hydroxylation is 1. The Bertz CT molecular complexity index is 774. The first kappa shape index (κ1) is 18.2. The fourth-order valence-electron chi connectivity index (χ4n) is 2.60. The summed E-state index contributed by atoms with van der Waals surface area (Å²) in [7, 11) is -5.42. The van der Waals surface area contributed by atoms with Crippen molar-refractivity contribution in [3.63, 3.8) is 0 Å². The molecule has 1 aliphatic heterocycles. The fourth-order valence-corrected chi connectivity index (χ4v) is 5.03. The van der Waals surface area contributed by atoms with Crippen molar-refractivity contribution in [3.05, 3.63) is 23.8 Å². The van der Waals surface area contributed by atoms with Crippen molar-refractivity contribution in [1.29, 1.82) is 0 Å². The summed E-state index contributed by atoms with van der Waals surface area (Å²) in [5, 5.41) is 0. The van der Waals surface area contributed by atoms with Crippen LogP contribution in [0.1, 0.15) is 12.0 Å². The molecule has 0 amide bonds. The number of benzene rings is 1. The largest absolute Gasteiger partial charge is 0.496 e. The summed E-state index contributed by atoms with van der Waals surface area (Å²) in [6, 6.07) is 4.72. The molecule has 7 nitrogen and oxygen atoms in total. The van der Waals surface area contributed by atoms with Crippen LogP contribution in [0.25, 0.3) is 0 Å². The normalized spacial score (nSPS) is 18.6. The van der Waals surface area contributed by atoms with Gasteiger partial charge in [-0.1, -0.05) is 0 Å². The summed E-state index contributed by atoms with van der Waals surface area (Å²) in [6.07, 6.45) is 1.62. The predicted octanol–water partition coefficient (Wildman–Crippen LogP) is 0.660. The van der Waals surface area contributed by atoms with Crippen molar-refractivity contribution >= 4 is 20.0 Å². The molecule has 0 atom stereocenters. The number of methoxy groups -OCH3 is 1. The highest BCUT2D eigenvalue weighted by atomic mass is 32.2. The summed E-state index contributed by atoms with van der Waals surface area (Å²) in [5.74, 6) is 0.628. The second-order valence-corrected chi connectivity index (χ2v) is 9.47. The molecule has 23 heavy (non-hydrogen) atoms. The molecular formula is C14H22N2O5S2. The minimum Gasteiger partial charge on any atom is -0.496 e. The Morgan fingerprint density at radius 3 is 2.17 bits per heavy atom. The van der Waals surface area contributed by atoms with E-state index in [2.05, 4.69) is 0 Å². The van der Waals surface area contributed by atoms with Crippen LogP contribution in [0.2, 0.25) is 0 Å². The van der Waals surface area contributed by atoms with Crippen LogP contribution >= 0.6 is 0 Å². The Morgan fingerprint density at radius 1 is 1.00 bits per heavy atom. The average molecular weight is 362 g/mol. The number of hydrogen-bond acceptors (Lipinski definition) is 5. The van der Waals surface area contributed by atoms with Gasteiger partial charge in [-0.2, -0.15) is 4.31 Å².